The second kappa shape index (κ2) is 9.97. The Morgan fingerprint density at radius 3 is 2.66 bits per heavy atom. The minimum atomic E-state index is -2.95. The number of para-hydroxylation sites is 1. The highest BCUT2D eigenvalue weighted by atomic mass is 32.1. The van der Waals surface area contributed by atoms with Crippen molar-refractivity contribution in [3.63, 3.8) is 0 Å². The summed E-state index contributed by atoms with van der Waals surface area (Å²) in [5, 5.41) is 4.68. The molecule has 0 fully saturated rings. The Morgan fingerprint density at radius 2 is 1.84 bits per heavy atom. The normalized spacial score (nSPS) is 10.7. The summed E-state index contributed by atoms with van der Waals surface area (Å²) in [6, 6.07) is 19.1. The number of pyridine rings is 1. The molecule has 0 aliphatic carbocycles. The van der Waals surface area contributed by atoms with E-state index in [9.17, 15) is 13.6 Å². The average molecular weight is 453 g/mol. The molecule has 4 aromatic rings. The first-order valence-corrected chi connectivity index (χ1v) is 10.4. The van der Waals surface area contributed by atoms with Crippen molar-refractivity contribution in [2.45, 2.75) is 13.2 Å². The Hall–Kier alpha value is -3.85. The number of alkyl halides is 2. The maximum absolute atomic E-state index is 12.7. The van der Waals surface area contributed by atoms with Crippen molar-refractivity contribution in [2.75, 3.05) is 5.32 Å². The number of halogens is 2. The summed E-state index contributed by atoms with van der Waals surface area (Å²) in [4.78, 5) is 21.1. The first kappa shape index (κ1) is 21.4. The van der Waals surface area contributed by atoms with Gasteiger partial charge in [0.1, 0.15) is 12.4 Å². The molecular formula is C23H17F2N3O3S. The standard InChI is InChI=1S/C23H17F2N3O3S/c24-22(25)31-19-9-5-4-8-17(19)18-14-32-23(27-18)28-21(29)16-10-11-26-20(12-16)30-13-15-6-2-1-3-7-15/h1-12,14,22H,13H2,(H,27,28,29). The number of thiazole rings is 1. The summed E-state index contributed by atoms with van der Waals surface area (Å²) in [6.45, 7) is -2.62. The number of benzene rings is 2. The van der Waals surface area contributed by atoms with Crippen molar-refractivity contribution in [3.05, 3.63) is 89.4 Å². The molecule has 32 heavy (non-hydrogen) atoms. The molecule has 6 nitrogen and oxygen atoms in total. The first-order valence-electron chi connectivity index (χ1n) is 9.52. The molecule has 2 heterocycles. The van der Waals surface area contributed by atoms with E-state index in [2.05, 4.69) is 20.0 Å². The lowest BCUT2D eigenvalue weighted by Gasteiger charge is -2.08. The quantitative estimate of drug-likeness (QED) is 0.374. The number of ether oxygens (including phenoxy) is 2. The number of nitrogens with one attached hydrogen (secondary N) is 1. The molecule has 4 rings (SSSR count). The monoisotopic (exact) mass is 453 g/mol. The lowest BCUT2D eigenvalue weighted by atomic mass is 10.1. The Balaban J connectivity index is 1.44. The van der Waals surface area contributed by atoms with Crippen molar-refractivity contribution in [3.8, 4) is 22.9 Å². The van der Waals surface area contributed by atoms with Gasteiger partial charge in [0.25, 0.3) is 5.91 Å². The molecule has 0 aliphatic rings. The molecule has 1 amide bonds. The summed E-state index contributed by atoms with van der Waals surface area (Å²) >= 11 is 1.17. The van der Waals surface area contributed by atoms with Crippen LogP contribution in [0.4, 0.5) is 13.9 Å². The third-order valence-electron chi connectivity index (χ3n) is 4.33. The average Bonchev–Trinajstić information content (AvgIpc) is 3.27. The van der Waals surface area contributed by atoms with Crippen LogP contribution >= 0.6 is 11.3 Å². The Bertz CT molecular complexity index is 1200. The van der Waals surface area contributed by atoms with E-state index in [1.807, 2.05) is 30.3 Å². The third-order valence-corrected chi connectivity index (χ3v) is 5.09. The molecule has 2 aromatic carbocycles. The molecule has 0 aliphatic heterocycles. The minimum Gasteiger partial charge on any atom is -0.473 e. The predicted molar refractivity (Wildman–Crippen MR) is 117 cm³/mol. The van der Waals surface area contributed by atoms with Crippen LogP contribution in [0.2, 0.25) is 0 Å². The second-order valence-electron chi connectivity index (χ2n) is 6.52. The molecule has 0 bridgehead atoms. The van der Waals surface area contributed by atoms with E-state index >= 15 is 0 Å². The van der Waals surface area contributed by atoms with Crippen LogP contribution < -0.4 is 14.8 Å². The lowest BCUT2D eigenvalue weighted by molar-refractivity contribution is -0.0494. The van der Waals surface area contributed by atoms with Crippen molar-refractivity contribution < 1.29 is 23.0 Å². The predicted octanol–water partition coefficient (Wildman–Crippen LogP) is 5.64. The topological polar surface area (TPSA) is 73.3 Å². The van der Waals surface area contributed by atoms with Gasteiger partial charge in [0.2, 0.25) is 5.88 Å². The second-order valence-corrected chi connectivity index (χ2v) is 7.38. The van der Waals surface area contributed by atoms with E-state index in [1.54, 1.807) is 35.7 Å². The number of anilines is 1. The number of rotatable bonds is 8. The maximum atomic E-state index is 12.7. The van der Waals surface area contributed by atoms with Gasteiger partial charge in [-0.05, 0) is 23.8 Å². The fraction of sp³-hybridized carbons (Fsp3) is 0.0870. The largest absolute Gasteiger partial charge is 0.473 e. The van der Waals surface area contributed by atoms with Crippen LogP contribution in [0.3, 0.4) is 0 Å². The zero-order valence-electron chi connectivity index (χ0n) is 16.6. The number of hydrogen-bond donors (Lipinski definition) is 1. The molecule has 0 spiro atoms. The highest BCUT2D eigenvalue weighted by Gasteiger charge is 2.15. The number of carbonyl (C=O) groups is 1. The number of hydrogen-bond acceptors (Lipinski definition) is 6. The van der Waals surface area contributed by atoms with E-state index in [0.717, 1.165) is 5.56 Å². The van der Waals surface area contributed by atoms with Gasteiger partial charge in [-0.2, -0.15) is 8.78 Å². The summed E-state index contributed by atoms with van der Waals surface area (Å²) in [5.41, 5.74) is 2.16. The van der Waals surface area contributed by atoms with Gasteiger partial charge in [-0.1, -0.05) is 42.5 Å². The van der Waals surface area contributed by atoms with Gasteiger partial charge in [0, 0.05) is 28.8 Å². The van der Waals surface area contributed by atoms with Crippen molar-refractivity contribution in [1.29, 1.82) is 0 Å². The lowest BCUT2D eigenvalue weighted by Crippen LogP contribution is -2.12. The molecule has 0 unspecified atom stereocenters. The molecular weight excluding hydrogens is 436 g/mol. The van der Waals surface area contributed by atoms with Gasteiger partial charge in [-0.25, -0.2) is 9.97 Å². The van der Waals surface area contributed by atoms with Crippen LogP contribution in [0.5, 0.6) is 11.6 Å². The summed E-state index contributed by atoms with van der Waals surface area (Å²) in [6.07, 6.45) is 1.49. The molecule has 0 atom stereocenters. The van der Waals surface area contributed by atoms with Gasteiger partial charge < -0.3 is 9.47 Å². The summed E-state index contributed by atoms with van der Waals surface area (Å²) < 4.78 is 35.5. The van der Waals surface area contributed by atoms with E-state index in [4.69, 9.17) is 4.74 Å². The number of aromatic nitrogens is 2. The van der Waals surface area contributed by atoms with Crippen LogP contribution in [0, 0.1) is 0 Å². The first-order chi connectivity index (χ1) is 15.6. The number of amides is 1. The molecule has 0 saturated heterocycles. The highest BCUT2D eigenvalue weighted by Crippen LogP contribution is 2.33. The smallest absolute Gasteiger partial charge is 0.387 e. The highest BCUT2D eigenvalue weighted by molar-refractivity contribution is 7.14. The Morgan fingerprint density at radius 1 is 1.06 bits per heavy atom. The Labute approximate surface area is 186 Å². The zero-order valence-corrected chi connectivity index (χ0v) is 17.4. The Kier molecular flexibility index (Phi) is 6.66. The van der Waals surface area contributed by atoms with E-state index < -0.39 is 12.5 Å². The van der Waals surface area contributed by atoms with Crippen molar-refractivity contribution in [2.24, 2.45) is 0 Å². The van der Waals surface area contributed by atoms with Gasteiger partial charge >= 0.3 is 6.61 Å². The maximum Gasteiger partial charge on any atom is 0.387 e. The van der Waals surface area contributed by atoms with E-state index in [-0.39, 0.29) is 5.75 Å². The summed E-state index contributed by atoms with van der Waals surface area (Å²) in [5.74, 6) is -0.0607. The SMILES string of the molecule is O=C(Nc1nc(-c2ccccc2OC(F)F)cs1)c1ccnc(OCc2ccccc2)c1. The van der Waals surface area contributed by atoms with E-state index in [1.165, 1.54) is 23.6 Å². The molecule has 1 N–H and O–H groups in total. The van der Waals surface area contributed by atoms with Crippen molar-refractivity contribution >= 4 is 22.4 Å². The fourth-order valence-corrected chi connectivity index (χ4v) is 3.57. The van der Waals surface area contributed by atoms with Gasteiger partial charge in [0.15, 0.2) is 5.13 Å². The molecule has 9 heteroatoms. The molecule has 162 valence electrons. The van der Waals surface area contributed by atoms with Gasteiger partial charge in [-0.3, -0.25) is 10.1 Å². The van der Waals surface area contributed by atoms with Crippen LogP contribution in [-0.4, -0.2) is 22.5 Å². The van der Waals surface area contributed by atoms with Gasteiger partial charge in [0.05, 0.1) is 5.69 Å². The zero-order chi connectivity index (χ0) is 22.3. The molecule has 2 aromatic heterocycles. The minimum absolute atomic E-state index is 0.0139. The van der Waals surface area contributed by atoms with Gasteiger partial charge in [-0.15, -0.1) is 11.3 Å². The molecule has 0 radical (unpaired) electrons. The van der Waals surface area contributed by atoms with Crippen molar-refractivity contribution in [1.82, 2.24) is 9.97 Å². The van der Waals surface area contributed by atoms with Crippen LogP contribution in [0.15, 0.2) is 78.3 Å². The third kappa shape index (κ3) is 5.44. The summed E-state index contributed by atoms with van der Waals surface area (Å²) in [7, 11) is 0. The molecule has 0 saturated carbocycles. The van der Waals surface area contributed by atoms with Crippen LogP contribution in [0.1, 0.15) is 15.9 Å². The van der Waals surface area contributed by atoms with Crippen LogP contribution in [-0.2, 0) is 6.61 Å². The number of carbonyl (C=O) groups excluding carboxylic acids is 1. The van der Waals surface area contributed by atoms with E-state index in [0.29, 0.717) is 34.4 Å². The number of nitrogens with zero attached hydrogens (tertiary/aromatic N) is 2. The van der Waals surface area contributed by atoms with Crippen LogP contribution in [0.25, 0.3) is 11.3 Å². The fourth-order valence-electron chi connectivity index (χ4n) is 2.86.